The minimum absolute atomic E-state index is 0.0223. The number of halogens is 2. The molecule has 0 saturated carbocycles. The third kappa shape index (κ3) is 1.98. The topological polar surface area (TPSA) is 12.0 Å². The van der Waals surface area contributed by atoms with Crippen molar-refractivity contribution in [1.82, 2.24) is 0 Å². The lowest BCUT2D eigenvalue weighted by Crippen LogP contribution is -2.30. The molecule has 0 radical (unpaired) electrons. The molecule has 1 aliphatic carbocycles. The second-order valence-corrected chi connectivity index (χ2v) is 6.54. The molecule has 1 N–H and O–H groups in total. The number of allylic oxidation sites excluding steroid dienone is 2. The van der Waals surface area contributed by atoms with Crippen LogP contribution < -0.4 is 5.32 Å². The lowest BCUT2D eigenvalue weighted by Gasteiger charge is -2.38. The van der Waals surface area contributed by atoms with Crippen LogP contribution >= 0.6 is 11.6 Å². The first-order valence-electron chi connectivity index (χ1n) is 7.63. The smallest absolute Gasteiger partial charge is 0.128 e. The van der Waals surface area contributed by atoms with Crippen molar-refractivity contribution in [3.63, 3.8) is 0 Å². The molecule has 3 atom stereocenters. The maximum absolute atomic E-state index is 14.3. The van der Waals surface area contributed by atoms with E-state index in [0.717, 1.165) is 28.3 Å². The second-order valence-electron chi connectivity index (χ2n) is 6.13. The Morgan fingerprint density at radius 3 is 2.77 bits per heavy atom. The molecular weight excluding hydrogens is 297 g/mol. The quantitative estimate of drug-likeness (QED) is 0.674. The fraction of sp³-hybridized carbons (Fsp3) is 0.263. The summed E-state index contributed by atoms with van der Waals surface area (Å²) < 4.78 is 14.3. The minimum Gasteiger partial charge on any atom is -0.377 e. The normalized spacial score (nSPS) is 25.5. The molecule has 0 saturated heterocycles. The molecule has 2 aromatic carbocycles. The zero-order valence-corrected chi connectivity index (χ0v) is 13.1. The van der Waals surface area contributed by atoms with Crippen molar-refractivity contribution < 1.29 is 4.39 Å². The van der Waals surface area contributed by atoms with Crippen molar-refractivity contribution >= 4 is 17.3 Å². The van der Waals surface area contributed by atoms with Gasteiger partial charge in [-0.2, -0.15) is 0 Å². The van der Waals surface area contributed by atoms with Gasteiger partial charge in [0.05, 0.1) is 6.04 Å². The summed E-state index contributed by atoms with van der Waals surface area (Å²) in [6, 6.07) is 11.1. The molecule has 2 aliphatic rings. The summed E-state index contributed by atoms with van der Waals surface area (Å²) in [7, 11) is 0. The zero-order chi connectivity index (χ0) is 15.3. The van der Waals surface area contributed by atoms with Crippen LogP contribution in [0.5, 0.6) is 0 Å². The monoisotopic (exact) mass is 313 g/mol. The number of hydrogen-bond acceptors (Lipinski definition) is 1. The van der Waals surface area contributed by atoms with Crippen LogP contribution in [0.15, 0.2) is 48.6 Å². The second kappa shape index (κ2) is 5.13. The first-order chi connectivity index (χ1) is 10.7. The molecule has 0 unspecified atom stereocenters. The maximum atomic E-state index is 14.3. The van der Waals surface area contributed by atoms with Crippen LogP contribution in [-0.2, 0) is 0 Å². The predicted molar refractivity (Wildman–Crippen MR) is 88.9 cm³/mol. The Kier molecular flexibility index (Phi) is 3.23. The lowest BCUT2D eigenvalue weighted by molar-refractivity contribution is 0.413. The molecule has 0 amide bonds. The van der Waals surface area contributed by atoms with Gasteiger partial charge in [0.15, 0.2) is 0 Å². The van der Waals surface area contributed by atoms with Crippen LogP contribution in [0.3, 0.4) is 0 Å². The molecule has 22 heavy (non-hydrogen) atoms. The maximum Gasteiger partial charge on any atom is 0.128 e. The van der Waals surface area contributed by atoms with E-state index in [2.05, 4.69) is 23.5 Å². The minimum atomic E-state index is -0.145. The standard InChI is InChI=1S/C19H17ClFN/c1-11-16(20)10-9-14-12-6-4-7-13(12)19(22-18(11)14)15-5-2-3-8-17(15)21/h2-6,8-10,12-13,19,22H,7H2,1H3/t12-,13+,19-/m0/s1. The predicted octanol–water partition coefficient (Wildman–Crippen LogP) is 5.61. The summed E-state index contributed by atoms with van der Waals surface area (Å²) in [4.78, 5) is 0. The van der Waals surface area contributed by atoms with Crippen LogP contribution in [0, 0.1) is 18.7 Å². The molecule has 1 nitrogen and oxygen atoms in total. The summed E-state index contributed by atoms with van der Waals surface area (Å²) >= 11 is 6.28. The van der Waals surface area contributed by atoms with Gasteiger partial charge in [0.2, 0.25) is 0 Å². The lowest BCUT2D eigenvalue weighted by atomic mass is 9.76. The van der Waals surface area contributed by atoms with Crippen molar-refractivity contribution in [1.29, 1.82) is 0 Å². The van der Waals surface area contributed by atoms with Gasteiger partial charge in [-0.25, -0.2) is 4.39 Å². The molecule has 1 heterocycles. The Morgan fingerprint density at radius 1 is 1.14 bits per heavy atom. The Bertz CT molecular complexity index is 768. The number of fused-ring (bicyclic) bond motifs is 3. The highest BCUT2D eigenvalue weighted by Gasteiger charge is 2.39. The first-order valence-corrected chi connectivity index (χ1v) is 8.01. The van der Waals surface area contributed by atoms with Crippen LogP contribution in [0.4, 0.5) is 10.1 Å². The Morgan fingerprint density at radius 2 is 1.95 bits per heavy atom. The average Bonchev–Trinajstić information content (AvgIpc) is 3.00. The number of rotatable bonds is 1. The molecule has 2 aromatic rings. The summed E-state index contributed by atoms with van der Waals surface area (Å²) in [5.41, 5.74) is 4.12. The van der Waals surface area contributed by atoms with Crippen LogP contribution in [0.2, 0.25) is 5.02 Å². The van der Waals surface area contributed by atoms with Gasteiger partial charge >= 0.3 is 0 Å². The summed E-state index contributed by atoms with van der Waals surface area (Å²) in [5.74, 6) is 0.538. The Labute approximate surface area is 134 Å². The van der Waals surface area contributed by atoms with Crippen LogP contribution in [-0.4, -0.2) is 0 Å². The van der Waals surface area contributed by atoms with Gasteiger partial charge in [-0.1, -0.05) is 48.0 Å². The Balaban J connectivity index is 1.87. The van der Waals surface area contributed by atoms with Gasteiger partial charge in [0.1, 0.15) is 5.82 Å². The highest BCUT2D eigenvalue weighted by Crippen LogP contribution is 2.51. The van der Waals surface area contributed by atoms with E-state index in [9.17, 15) is 4.39 Å². The molecule has 3 heteroatoms. The van der Waals surface area contributed by atoms with Gasteiger partial charge in [-0.15, -0.1) is 0 Å². The van der Waals surface area contributed by atoms with Gasteiger partial charge in [-0.05, 0) is 42.5 Å². The van der Waals surface area contributed by atoms with E-state index < -0.39 is 0 Å². The van der Waals surface area contributed by atoms with E-state index in [1.165, 1.54) is 11.6 Å². The molecule has 0 fully saturated rings. The van der Waals surface area contributed by atoms with Gasteiger partial charge in [-0.3, -0.25) is 0 Å². The third-order valence-electron chi connectivity index (χ3n) is 4.97. The number of benzene rings is 2. The van der Waals surface area contributed by atoms with Crippen molar-refractivity contribution in [3.8, 4) is 0 Å². The zero-order valence-electron chi connectivity index (χ0n) is 12.3. The van der Waals surface area contributed by atoms with E-state index >= 15 is 0 Å². The highest BCUT2D eigenvalue weighted by atomic mass is 35.5. The molecule has 0 aromatic heterocycles. The average molecular weight is 314 g/mol. The highest BCUT2D eigenvalue weighted by molar-refractivity contribution is 6.31. The molecule has 0 bridgehead atoms. The molecular formula is C19H17ClFN. The van der Waals surface area contributed by atoms with Crippen LogP contribution in [0.25, 0.3) is 0 Å². The van der Waals surface area contributed by atoms with Crippen LogP contribution in [0.1, 0.15) is 35.1 Å². The SMILES string of the molecule is Cc1c(Cl)ccc2c1N[C@H](c1ccccc1F)[C@@H]1CC=C[C@H]21. The van der Waals surface area contributed by atoms with E-state index in [-0.39, 0.29) is 11.9 Å². The molecule has 4 rings (SSSR count). The van der Waals surface area contributed by atoms with E-state index in [1.54, 1.807) is 6.07 Å². The van der Waals surface area contributed by atoms with Gasteiger partial charge in [0.25, 0.3) is 0 Å². The summed E-state index contributed by atoms with van der Waals surface area (Å²) in [6.45, 7) is 2.02. The number of hydrogen-bond donors (Lipinski definition) is 1. The van der Waals surface area contributed by atoms with E-state index in [4.69, 9.17) is 11.6 Å². The van der Waals surface area contributed by atoms with Crippen molar-refractivity contribution in [2.75, 3.05) is 5.32 Å². The van der Waals surface area contributed by atoms with E-state index in [1.807, 2.05) is 25.1 Å². The fourth-order valence-corrected chi connectivity index (χ4v) is 3.98. The third-order valence-corrected chi connectivity index (χ3v) is 5.38. The molecule has 112 valence electrons. The largest absolute Gasteiger partial charge is 0.377 e. The van der Waals surface area contributed by atoms with Crippen molar-refractivity contribution in [2.24, 2.45) is 5.92 Å². The van der Waals surface area contributed by atoms with Gasteiger partial charge < -0.3 is 5.32 Å². The molecule has 0 spiro atoms. The summed E-state index contributed by atoms with van der Waals surface area (Å²) in [5, 5.41) is 4.32. The number of nitrogens with one attached hydrogen (secondary N) is 1. The van der Waals surface area contributed by atoms with Crippen molar-refractivity contribution in [3.05, 3.63) is 76.1 Å². The van der Waals surface area contributed by atoms with E-state index in [0.29, 0.717) is 11.8 Å². The fourth-order valence-electron chi connectivity index (χ4n) is 3.82. The first kappa shape index (κ1) is 13.8. The number of anilines is 1. The molecule has 1 aliphatic heterocycles. The van der Waals surface area contributed by atoms with Gasteiger partial charge in [0, 0.05) is 22.2 Å². The summed E-state index contributed by atoms with van der Waals surface area (Å²) in [6.07, 6.45) is 5.44. The Hall–Kier alpha value is -1.80. The van der Waals surface area contributed by atoms with Crippen molar-refractivity contribution in [2.45, 2.75) is 25.3 Å².